The van der Waals surface area contributed by atoms with E-state index in [1.807, 2.05) is 0 Å². The van der Waals surface area contributed by atoms with Gasteiger partial charge in [0, 0.05) is 17.8 Å². The summed E-state index contributed by atoms with van der Waals surface area (Å²) in [5.41, 5.74) is 0. The van der Waals surface area contributed by atoms with Gasteiger partial charge in [-0.25, -0.2) is 0 Å². The van der Waals surface area contributed by atoms with Crippen molar-refractivity contribution in [3.05, 3.63) is 0 Å². The molecule has 19 aliphatic rings. The third kappa shape index (κ3) is 14.6. The summed E-state index contributed by atoms with van der Waals surface area (Å²) in [5.74, 6) is 15.8. The quantitative estimate of drug-likeness (QED) is 0.227. The van der Waals surface area contributed by atoms with Crippen LogP contribution in [0.4, 0.5) is 0 Å². The van der Waals surface area contributed by atoms with Crippen LogP contribution < -0.4 is 0 Å². The SMILES string of the molecule is [2H]C(C)(C)C1C2CC3CC(C2)CC1C3.[2H]C(C)(C)C1C2CCC1CC2.[2H]C(C)(C)C1CC2CCC1C2.[2H]C([2H])(C)C1C2CC1C2.[2H]C([2H])(C)C1C2CCC1C2.[2H]C([2H])(C)C1CC2CC1C2.[2H]C([2H])(C)C1CCCC1.[2H]C([2H])(C)C1CCCCC1. The van der Waals surface area contributed by atoms with E-state index < -0.39 is 31.9 Å². The van der Waals surface area contributed by atoms with E-state index in [1.54, 1.807) is 34.6 Å². The molecule has 0 saturated heterocycles. The fraction of sp³-hybridized carbons (Fsp3) is 1.00. The first-order chi connectivity index (χ1) is 38.7. The molecule has 0 heterocycles. The Morgan fingerprint density at radius 1 is 0.310 bits per heavy atom. The number of rotatable bonds is 8. The summed E-state index contributed by atoms with van der Waals surface area (Å²) in [7, 11) is 0. The van der Waals surface area contributed by atoms with Gasteiger partial charge in [0.2, 0.25) is 0 Å². The van der Waals surface area contributed by atoms with Crippen molar-refractivity contribution in [1.29, 1.82) is 0 Å². The Kier molecular flexibility index (Phi) is 16.3. The summed E-state index contributed by atoms with van der Waals surface area (Å²) in [4.78, 5) is 0. The molecule has 0 amide bonds. The fourth-order valence-electron chi connectivity index (χ4n) is 20.0. The number of hydrogen-bond donors (Lipinski definition) is 0. The smallest absolute Gasteiger partial charge is 0.0300 e. The highest BCUT2D eigenvalue weighted by Gasteiger charge is 2.51. The summed E-state index contributed by atoms with van der Waals surface area (Å²) in [5, 5.41) is 0. The van der Waals surface area contributed by atoms with Crippen molar-refractivity contribution in [3.63, 3.8) is 0 Å². The van der Waals surface area contributed by atoms with Gasteiger partial charge in [0.15, 0.2) is 0 Å². The van der Waals surface area contributed by atoms with Crippen molar-refractivity contribution in [2.75, 3.05) is 0 Å². The maximum absolute atomic E-state index is 8.31. The van der Waals surface area contributed by atoms with Crippen molar-refractivity contribution in [2.45, 2.75) is 301 Å². The molecule has 0 nitrogen and oxygen atoms in total. The Labute approximate surface area is 465 Å². The Morgan fingerprint density at radius 3 is 0.958 bits per heavy atom. The molecule has 6 unspecified atom stereocenters. The highest BCUT2D eigenvalue weighted by molar-refractivity contribution is 5.01. The monoisotopic (exact) mass is 994 g/mol. The molecule has 19 fully saturated rings. The maximum atomic E-state index is 8.31. The third-order valence-electron chi connectivity index (χ3n) is 23.9. The zero-order chi connectivity index (χ0) is 61.9. The van der Waals surface area contributed by atoms with Gasteiger partial charge < -0.3 is 0 Å². The third-order valence-corrected chi connectivity index (χ3v) is 23.9. The van der Waals surface area contributed by atoms with Crippen LogP contribution in [0.2, 0.25) is 0 Å². The minimum Gasteiger partial charge on any atom is -0.0651 e. The molecule has 0 aromatic rings. The number of hydrogen-bond acceptors (Lipinski definition) is 0. The van der Waals surface area contributed by atoms with E-state index in [0.717, 1.165) is 127 Å². The average molecular weight is 995 g/mol. The van der Waals surface area contributed by atoms with E-state index in [-0.39, 0.29) is 17.7 Å². The van der Waals surface area contributed by atoms with E-state index in [9.17, 15) is 0 Å². The zero-order valence-corrected chi connectivity index (χ0v) is 48.9. The first-order valence-corrected chi connectivity index (χ1v) is 32.2. The molecule has 6 atom stereocenters. The predicted octanol–water partition coefficient (Wildman–Crippen LogP) is 22.4. The summed E-state index contributed by atoms with van der Waals surface area (Å²) >= 11 is 0. The second-order valence-electron chi connectivity index (χ2n) is 28.7. The van der Waals surface area contributed by atoms with Crippen molar-refractivity contribution in [1.82, 2.24) is 0 Å². The zero-order valence-electron chi connectivity index (χ0n) is 61.9. The van der Waals surface area contributed by atoms with Gasteiger partial charge in [0.1, 0.15) is 0 Å². The molecule has 0 aliphatic heterocycles. The van der Waals surface area contributed by atoms with Crippen molar-refractivity contribution >= 4 is 0 Å². The van der Waals surface area contributed by atoms with Gasteiger partial charge >= 0.3 is 0 Å². The van der Waals surface area contributed by atoms with Gasteiger partial charge in [-0.15, -0.1) is 0 Å². The normalized spacial score (nSPS) is 48.7. The van der Waals surface area contributed by atoms with Crippen molar-refractivity contribution in [3.8, 4) is 0 Å². The molecular formula is C71H128. The summed E-state index contributed by atoms with van der Waals surface area (Å²) < 4.78 is 99.1. The van der Waals surface area contributed by atoms with Crippen LogP contribution in [0.15, 0.2) is 0 Å². The Morgan fingerprint density at radius 2 is 0.704 bits per heavy atom. The second kappa shape index (κ2) is 27.5. The molecule has 412 valence electrons. The summed E-state index contributed by atoms with van der Waals surface area (Å²) in [6.07, 6.45) is 35.1. The lowest BCUT2D eigenvalue weighted by Gasteiger charge is -2.58. The van der Waals surface area contributed by atoms with Gasteiger partial charge in [0.05, 0.1) is 0 Å². The van der Waals surface area contributed by atoms with E-state index in [4.69, 9.17) is 17.8 Å². The van der Waals surface area contributed by atoms with Gasteiger partial charge in [-0.1, -0.05) is 172 Å². The van der Waals surface area contributed by atoms with Crippen LogP contribution in [0.3, 0.4) is 0 Å². The largest absolute Gasteiger partial charge is 0.0651 e. The van der Waals surface area contributed by atoms with Crippen LogP contribution in [0.5, 0.6) is 0 Å². The summed E-state index contributed by atoms with van der Waals surface area (Å²) in [6.45, 7) is 21.2. The first kappa shape index (κ1) is 42.0. The molecule has 19 aliphatic carbocycles. The highest BCUT2D eigenvalue weighted by Crippen LogP contribution is 2.61. The molecule has 0 aromatic heterocycles. The molecule has 0 spiro atoms. The fourth-order valence-corrected chi connectivity index (χ4v) is 20.0. The lowest BCUT2D eigenvalue weighted by Crippen LogP contribution is -2.49. The lowest BCUT2D eigenvalue weighted by molar-refractivity contribution is -0.0819. The second-order valence-corrected chi connectivity index (χ2v) is 28.7. The molecule has 0 N–H and O–H groups in total. The van der Waals surface area contributed by atoms with Gasteiger partial charge in [-0.05, 0) is 276 Å². The van der Waals surface area contributed by atoms with Crippen molar-refractivity contribution in [2.24, 2.45) is 148 Å². The topological polar surface area (TPSA) is 0 Å². The minimum atomic E-state index is -0.930. The predicted molar refractivity (Wildman–Crippen MR) is 311 cm³/mol. The standard InChI is InChI=1S/C13H22.2C10H18.2C8H14.C8H16.C7H12.C7H14/c1-8(2)13-11-4-9-3-10(6-11)7-12(13)5-9;1-7(2)10-6-8-3-4-9(10)5-8;1-7(2)10-8-3-4-9(10)6-5-8;1-2-7-3-6-4-8(7)5-6;1-2-8-6-3-4-7(8)5-6;1-2-8-6-4-3-5-7-8;1-2-7-5-3-6(7)4-5;1-2-7-5-3-4-6-7/h8-13H,3-7H2,1-2H3;2*7-10H,3-6H2,1-2H3;2*6-8H,2-5H2,1H3;8H,2-7H2,1H3;5-7H,2-4H2,1H3;7H,2-6H2,1H3/i8D;2*7D;5*2D2. The molecule has 0 aromatic carbocycles. The van der Waals surface area contributed by atoms with Gasteiger partial charge in [-0.2, -0.15) is 0 Å². The highest BCUT2D eigenvalue weighted by atomic mass is 14.6. The molecule has 0 heteroatoms. The maximum Gasteiger partial charge on any atom is 0.0300 e. The van der Waals surface area contributed by atoms with E-state index in [2.05, 4.69) is 41.5 Å². The molecule has 19 rings (SSSR count). The minimum absolute atomic E-state index is 0.164. The number of fused-ring (bicyclic) bond motifs is 6. The van der Waals surface area contributed by atoms with Crippen LogP contribution in [0, 0.1) is 148 Å². The van der Waals surface area contributed by atoms with Crippen LogP contribution >= 0.6 is 0 Å². The van der Waals surface area contributed by atoms with E-state index in [1.165, 1.54) is 161 Å². The Balaban J connectivity index is 0.000000126. The van der Waals surface area contributed by atoms with E-state index >= 15 is 0 Å². The van der Waals surface area contributed by atoms with Crippen LogP contribution in [-0.4, -0.2) is 0 Å². The van der Waals surface area contributed by atoms with Crippen molar-refractivity contribution < 1.29 is 17.8 Å². The van der Waals surface area contributed by atoms with Crippen LogP contribution in [0.1, 0.15) is 318 Å². The average Bonchev–Trinajstić information content (AvgIpc) is 1.31. The molecule has 19 saturated carbocycles. The van der Waals surface area contributed by atoms with Gasteiger partial charge in [0.25, 0.3) is 0 Å². The van der Waals surface area contributed by atoms with Crippen LogP contribution in [0.25, 0.3) is 0 Å². The van der Waals surface area contributed by atoms with Gasteiger partial charge in [-0.3, -0.25) is 0 Å². The van der Waals surface area contributed by atoms with E-state index in [0.29, 0.717) is 35.5 Å². The summed E-state index contributed by atoms with van der Waals surface area (Å²) in [6, 6.07) is 0. The molecular weight excluding hydrogens is 853 g/mol. The molecule has 0 radical (unpaired) electrons. The Hall–Kier alpha value is 0. The molecule has 14 bridgehead atoms. The van der Waals surface area contributed by atoms with Crippen LogP contribution in [-0.2, 0) is 0 Å². The lowest BCUT2D eigenvalue weighted by atomic mass is 9.47. The molecule has 71 heavy (non-hydrogen) atoms. The first-order valence-electron chi connectivity index (χ1n) is 38.7. The Bertz CT molecular complexity index is 1910.